The number of carbonyl (C=O) groups excluding carboxylic acids is 1. The molecule has 2 nitrogen and oxygen atoms in total. The Labute approximate surface area is 84.6 Å². The minimum atomic E-state index is 0.132. The van der Waals surface area contributed by atoms with E-state index in [-0.39, 0.29) is 3.03 Å². The van der Waals surface area contributed by atoms with Crippen LogP contribution < -0.4 is 0 Å². The number of hydrogen-bond acceptors (Lipinski definition) is 2. The van der Waals surface area contributed by atoms with Crippen molar-refractivity contribution in [1.29, 1.82) is 0 Å². The van der Waals surface area contributed by atoms with Gasteiger partial charge in [-0.3, -0.25) is 0 Å². The monoisotopic (exact) mass is 207 g/mol. The zero-order chi connectivity index (χ0) is 7.56. The molecule has 0 atom stereocenters. The molecule has 1 heterocycles. The van der Waals surface area contributed by atoms with Crippen LogP contribution in [0.25, 0.3) is 0 Å². The molecule has 1 rings (SSSR count). The van der Waals surface area contributed by atoms with Crippen LogP contribution in [0.15, 0.2) is 22.8 Å². The van der Waals surface area contributed by atoms with E-state index < -0.39 is 0 Å². The maximum atomic E-state index is 10.7. The average Bonchev–Trinajstić information content (AvgIpc) is 1.88. The summed E-state index contributed by atoms with van der Waals surface area (Å²) >= 11 is 3.77. The van der Waals surface area contributed by atoms with Gasteiger partial charge in [-0.05, 0) is 0 Å². The summed E-state index contributed by atoms with van der Waals surface area (Å²) in [6.45, 7) is 0. The molecule has 1 aromatic heterocycles. The van der Waals surface area contributed by atoms with Crippen LogP contribution in [0.4, 0.5) is 0 Å². The van der Waals surface area contributed by atoms with Crippen molar-refractivity contribution >= 4 is 46.9 Å². The fourth-order valence-electron chi connectivity index (χ4n) is 0.584. The average molecular weight is 208 g/mol. The number of hydrogen-bond donors (Lipinski definition) is 0. The van der Waals surface area contributed by atoms with E-state index in [0.717, 1.165) is 4.47 Å². The Morgan fingerprint density at radius 1 is 1.60 bits per heavy atom. The van der Waals surface area contributed by atoms with Gasteiger partial charge in [-0.25, -0.2) is 0 Å². The van der Waals surface area contributed by atoms with Crippen LogP contribution in [0.2, 0.25) is 0 Å². The van der Waals surface area contributed by atoms with Crippen LogP contribution in [0.1, 0.15) is 10.5 Å². The zero-order valence-electron chi connectivity index (χ0n) is 5.47. The zero-order valence-corrected chi connectivity index (χ0v) is 9.05. The van der Waals surface area contributed by atoms with Gasteiger partial charge in [0.15, 0.2) is 0 Å². The number of pyridine rings is 1. The molecule has 0 aliphatic rings. The van der Waals surface area contributed by atoms with Gasteiger partial charge >= 0.3 is 85.2 Å². The Balaban J connectivity index is 3.00. The summed E-state index contributed by atoms with van der Waals surface area (Å²) in [5, 5.41) is 0. The van der Waals surface area contributed by atoms with E-state index >= 15 is 0 Å². The third kappa shape index (κ3) is 2.16. The Hall–Kier alpha value is 0.300. The maximum absolute atomic E-state index is 10.7. The van der Waals surface area contributed by atoms with E-state index in [1.807, 2.05) is 6.07 Å². The summed E-state index contributed by atoms with van der Waals surface area (Å²) in [7, 11) is 0. The molecule has 0 radical (unpaired) electrons. The molecule has 4 heteroatoms. The predicted octanol–water partition coefficient (Wildman–Crippen LogP) is 1.15. The summed E-state index contributed by atoms with van der Waals surface area (Å²) in [6, 6.07) is 3.54. The standard InChI is InChI=1S/C6H3BrNO.Na/c7-5-1-2-6(4-9)8-3-5;/h1-3H;. The Morgan fingerprint density at radius 2 is 2.30 bits per heavy atom. The third-order valence-electron chi connectivity index (χ3n) is 1.09. The minimum absolute atomic E-state index is 0.132. The van der Waals surface area contributed by atoms with E-state index in [4.69, 9.17) is 0 Å². The van der Waals surface area contributed by atoms with Gasteiger partial charge in [-0.2, -0.15) is 0 Å². The molecule has 0 amide bonds. The molecule has 10 heavy (non-hydrogen) atoms. The van der Waals surface area contributed by atoms with E-state index in [1.165, 1.54) is 0 Å². The normalized spacial score (nSPS) is 9.50. The quantitative estimate of drug-likeness (QED) is 0.648. The number of aromatic nitrogens is 1. The molecule has 0 saturated heterocycles. The Kier molecular flexibility index (Phi) is 3.04. The molecule has 0 saturated carbocycles. The van der Waals surface area contributed by atoms with Crippen molar-refractivity contribution in [3.8, 4) is 0 Å². The second kappa shape index (κ2) is 3.62. The first-order chi connectivity index (χ1) is 4.70. The number of halogens is 1. The van der Waals surface area contributed by atoms with Gasteiger partial charge in [0.2, 0.25) is 0 Å². The first-order valence-corrected chi connectivity index (χ1v) is 4.62. The van der Waals surface area contributed by atoms with E-state index in [0.29, 0.717) is 33.6 Å². The van der Waals surface area contributed by atoms with Crippen LogP contribution in [0.5, 0.6) is 0 Å². The molecule has 0 spiro atoms. The number of nitrogens with zero attached hydrogens (tertiary/aromatic N) is 1. The number of carbonyl (C=O) groups is 1. The van der Waals surface area contributed by atoms with Crippen molar-refractivity contribution in [2.24, 2.45) is 0 Å². The Bertz CT molecular complexity index is 246. The fourth-order valence-corrected chi connectivity index (χ4v) is 1.11. The molecule has 0 aliphatic heterocycles. The van der Waals surface area contributed by atoms with Crippen LogP contribution in [-0.4, -0.2) is 35.9 Å². The molecule has 0 fully saturated rings. The third-order valence-corrected chi connectivity index (χ3v) is 2.07. The first kappa shape index (κ1) is 8.40. The first-order valence-electron chi connectivity index (χ1n) is 2.82. The molecule has 1 aromatic rings. The molecule has 0 unspecified atom stereocenters. The van der Waals surface area contributed by atoms with Crippen molar-refractivity contribution in [1.82, 2.24) is 4.98 Å². The second-order valence-electron chi connectivity index (χ2n) is 1.92. The van der Waals surface area contributed by atoms with Crippen LogP contribution >= 0.6 is 15.9 Å². The van der Waals surface area contributed by atoms with Gasteiger partial charge in [0, 0.05) is 0 Å². The van der Waals surface area contributed by atoms with Gasteiger partial charge in [-0.1, -0.05) is 0 Å². The molecule has 0 aliphatic carbocycles. The van der Waals surface area contributed by atoms with Crippen molar-refractivity contribution in [2.45, 2.75) is 0 Å². The van der Waals surface area contributed by atoms with E-state index in [1.54, 1.807) is 12.3 Å². The van der Waals surface area contributed by atoms with Gasteiger partial charge in [0.1, 0.15) is 0 Å². The molecular formula is C6H3BrNNaO. The van der Waals surface area contributed by atoms with Gasteiger partial charge < -0.3 is 0 Å². The molecule has 0 bridgehead atoms. The number of rotatable bonds is 1. The van der Waals surface area contributed by atoms with Crippen molar-refractivity contribution in [3.63, 3.8) is 0 Å². The topological polar surface area (TPSA) is 30.0 Å². The van der Waals surface area contributed by atoms with Gasteiger partial charge in [0.25, 0.3) is 0 Å². The molecule has 0 N–H and O–H groups in total. The van der Waals surface area contributed by atoms with Crippen LogP contribution in [-0.2, 0) is 0 Å². The molecule has 0 aromatic carbocycles. The van der Waals surface area contributed by atoms with Crippen molar-refractivity contribution in [2.75, 3.05) is 0 Å². The van der Waals surface area contributed by atoms with Crippen molar-refractivity contribution < 1.29 is 4.79 Å². The fraction of sp³-hybridized carbons (Fsp3) is 0. The van der Waals surface area contributed by atoms with E-state index in [9.17, 15) is 4.79 Å². The summed E-state index contributed by atoms with van der Waals surface area (Å²) in [5.74, 6) is 0. The van der Waals surface area contributed by atoms with Crippen LogP contribution in [0, 0.1) is 0 Å². The van der Waals surface area contributed by atoms with Gasteiger partial charge in [0.05, 0.1) is 0 Å². The molecular weight excluding hydrogens is 205 g/mol. The van der Waals surface area contributed by atoms with Gasteiger partial charge in [-0.15, -0.1) is 0 Å². The summed E-state index contributed by atoms with van der Waals surface area (Å²) < 4.78 is 1.03. The summed E-state index contributed by atoms with van der Waals surface area (Å²) in [4.78, 5) is 14.7. The second-order valence-corrected chi connectivity index (χ2v) is 3.74. The molecule has 46 valence electrons. The predicted molar refractivity (Wildman–Crippen MR) is 42.0 cm³/mol. The summed E-state index contributed by atoms with van der Waals surface area (Å²) in [5.41, 5.74) is 0.565. The van der Waals surface area contributed by atoms with Crippen molar-refractivity contribution in [3.05, 3.63) is 28.5 Å². The van der Waals surface area contributed by atoms with E-state index in [2.05, 4.69) is 20.9 Å². The Morgan fingerprint density at radius 3 is 2.70 bits per heavy atom. The summed E-state index contributed by atoms with van der Waals surface area (Å²) in [6.07, 6.45) is 1.63. The SMILES string of the molecule is O=[C]([Na])c1ccc(Br)cn1. The van der Waals surface area contributed by atoms with Crippen LogP contribution in [0.3, 0.4) is 0 Å².